The lowest BCUT2D eigenvalue weighted by molar-refractivity contribution is -0.143. The first-order valence-corrected chi connectivity index (χ1v) is 12.1. The number of unbranched alkanes of at least 4 members (excludes halogenated alkanes) is 1. The molecular weight excluding hydrogens is 458 g/mol. The van der Waals surface area contributed by atoms with Crippen molar-refractivity contribution in [3.63, 3.8) is 0 Å². The van der Waals surface area contributed by atoms with Crippen molar-refractivity contribution in [2.45, 2.75) is 96.8 Å². The van der Waals surface area contributed by atoms with E-state index in [1.54, 1.807) is 0 Å². The molecule has 5 unspecified atom stereocenters. The summed E-state index contributed by atoms with van der Waals surface area (Å²) in [5, 5.41) is 26.0. The quantitative estimate of drug-likeness (QED) is 0.125. The van der Waals surface area contributed by atoms with Crippen LogP contribution in [0.25, 0.3) is 0 Å². The van der Waals surface area contributed by atoms with Crippen LogP contribution in [0.3, 0.4) is 0 Å². The van der Waals surface area contributed by atoms with Crippen LogP contribution in [0.5, 0.6) is 0 Å². The summed E-state index contributed by atoms with van der Waals surface area (Å²) >= 11 is 0. The highest BCUT2D eigenvalue weighted by atomic mass is 16.4. The monoisotopic (exact) mass is 501 g/mol. The summed E-state index contributed by atoms with van der Waals surface area (Å²) in [6, 6.07) is -4.33. The zero-order chi connectivity index (χ0) is 27.1. The van der Waals surface area contributed by atoms with Gasteiger partial charge in [0.1, 0.15) is 18.1 Å². The van der Waals surface area contributed by atoms with Gasteiger partial charge < -0.3 is 37.6 Å². The second-order valence-corrected chi connectivity index (χ2v) is 9.28. The maximum absolute atomic E-state index is 13.0. The lowest BCUT2D eigenvalue weighted by atomic mass is 9.97. The summed E-state index contributed by atoms with van der Waals surface area (Å²) in [4.78, 5) is 61.1. The number of carboxylic acid groups (broad SMARTS) is 2. The number of hydrogen-bond acceptors (Lipinski definition) is 7. The molecular formula is C23H43N5O7. The van der Waals surface area contributed by atoms with E-state index < -0.39 is 60.2 Å². The van der Waals surface area contributed by atoms with E-state index in [0.717, 1.165) is 0 Å². The average Bonchev–Trinajstić information content (AvgIpc) is 2.78. The van der Waals surface area contributed by atoms with Crippen molar-refractivity contribution < 1.29 is 34.2 Å². The highest BCUT2D eigenvalue weighted by molar-refractivity contribution is 5.94. The van der Waals surface area contributed by atoms with Gasteiger partial charge >= 0.3 is 11.9 Å². The van der Waals surface area contributed by atoms with Crippen molar-refractivity contribution in [3.05, 3.63) is 0 Å². The van der Waals surface area contributed by atoms with Gasteiger partial charge in [-0.2, -0.15) is 0 Å². The number of nitrogens with one attached hydrogen (secondary N) is 3. The van der Waals surface area contributed by atoms with E-state index in [9.17, 15) is 29.1 Å². The number of carbonyl (C=O) groups is 5. The summed E-state index contributed by atoms with van der Waals surface area (Å²) < 4.78 is 0. The van der Waals surface area contributed by atoms with Gasteiger partial charge in [0.2, 0.25) is 17.7 Å². The summed E-state index contributed by atoms with van der Waals surface area (Å²) in [6.45, 7) is 7.80. The van der Waals surface area contributed by atoms with E-state index in [1.807, 2.05) is 27.7 Å². The molecule has 0 saturated carbocycles. The SMILES string of the molecule is CCC(C)C(N)C(=O)NC(CC(C)C)C(=O)NC(CCC(=O)O)C(=O)NC(CCCCN)C(=O)O. The fourth-order valence-corrected chi connectivity index (χ4v) is 3.31. The molecule has 0 bridgehead atoms. The van der Waals surface area contributed by atoms with Gasteiger partial charge in [0.05, 0.1) is 6.04 Å². The molecule has 0 aliphatic heterocycles. The van der Waals surface area contributed by atoms with Crippen LogP contribution in [0.1, 0.15) is 72.6 Å². The maximum Gasteiger partial charge on any atom is 0.326 e. The fourth-order valence-electron chi connectivity index (χ4n) is 3.31. The number of hydrogen-bond donors (Lipinski definition) is 7. The molecule has 9 N–H and O–H groups in total. The van der Waals surface area contributed by atoms with Crippen LogP contribution in [0.4, 0.5) is 0 Å². The first kappa shape index (κ1) is 32.3. The molecule has 0 fully saturated rings. The Labute approximate surface area is 206 Å². The minimum absolute atomic E-state index is 0.0103. The Bertz CT molecular complexity index is 716. The lowest BCUT2D eigenvalue weighted by Gasteiger charge is -2.26. The van der Waals surface area contributed by atoms with Gasteiger partial charge in [-0.05, 0) is 50.5 Å². The molecule has 0 aliphatic rings. The molecule has 35 heavy (non-hydrogen) atoms. The molecule has 5 atom stereocenters. The van der Waals surface area contributed by atoms with E-state index in [1.165, 1.54) is 0 Å². The predicted octanol–water partition coefficient (Wildman–Crippen LogP) is -0.0613. The molecule has 0 radical (unpaired) electrons. The van der Waals surface area contributed by atoms with Gasteiger partial charge in [0.25, 0.3) is 0 Å². The molecule has 0 aliphatic carbocycles. The third-order valence-corrected chi connectivity index (χ3v) is 5.74. The summed E-state index contributed by atoms with van der Waals surface area (Å²) in [7, 11) is 0. The second kappa shape index (κ2) is 16.8. The molecule has 0 saturated heterocycles. The maximum atomic E-state index is 13.0. The van der Waals surface area contributed by atoms with Crippen LogP contribution in [0.15, 0.2) is 0 Å². The standard InChI is InChI=1S/C23H43N5O7/c1-5-14(4)19(25)22(33)28-17(12-13(2)3)21(32)26-15(9-10-18(29)30)20(31)27-16(23(34)35)8-6-7-11-24/h13-17,19H,5-12,24-25H2,1-4H3,(H,26,32)(H,27,31)(H,28,33)(H,29,30)(H,34,35). The van der Waals surface area contributed by atoms with Crippen LogP contribution in [0, 0.1) is 11.8 Å². The second-order valence-electron chi connectivity index (χ2n) is 9.28. The van der Waals surface area contributed by atoms with E-state index in [0.29, 0.717) is 25.8 Å². The predicted molar refractivity (Wildman–Crippen MR) is 130 cm³/mol. The lowest BCUT2D eigenvalue weighted by Crippen LogP contribution is -2.57. The first-order chi connectivity index (χ1) is 16.3. The van der Waals surface area contributed by atoms with Gasteiger partial charge in [-0.1, -0.05) is 34.1 Å². The highest BCUT2D eigenvalue weighted by Crippen LogP contribution is 2.10. The molecule has 0 aromatic heterocycles. The van der Waals surface area contributed by atoms with E-state index in [2.05, 4.69) is 16.0 Å². The van der Waals surface area contributed by atoms with Gasteiger partial charge in [-0.25, -0.2) is 4.79 Å². The van der Waals surface area contributed by atoms with Crippen molar-refractivity contribution >= 4 is 29.7 Å². The van der Waals surface area contributed by atoms with E-state index in [4.69, 9.17) is 16.6 Å². The van der Waals surface area contributed by atoms with Gasteiger partial charge in [-0.15, -0.1) is 0 Å². The van der Waals surface area contributed by atoms with Crippen molar-refractivity contribution in [2.24, 2.45) is 23.3 Å². The minimum atomic E-state index is -1.30. The van der Waals surface area contributed by atoms with Crippen LogP contribution in [0.2, 0.25) is 0 Å². The minimum Gasteiger partial charge on any atom is -0.481 e. The van der Waals surface area contributed by atoms with Crippen molar-refractivity contribution in [2.75, 3.05) is 6.54 Å². The number of amides is 3. The number of carboxylic acids is 2. The topological polar surface area (TPSA) is 214 Å². The Balaban J connectivity index is 5.56. The third kappa shape index (κ3) is 13.1. The Kier molecular flexibility index (Phi) is 15.5. The van der Waals surface area contributed by atoms with Gasteiger partial charge in [0, 0.05) is 6.42 Å². The van der Waals surface area contributed by atoms with Crippen LogP contribution in [-0.2, 0) is 24.0 Å². The molecule has 0 spiro atoms. The Morgan fingerprint density at radius 2 is 1.34 bits per heavy atom. The van der Waals surface area contributed by atoms with Crippen LogP contribution in [-0.4, -0.2) is 70.6 Å². The van der Waals surface area contributed by atoms with E-state index in [-0.39, 0.29) is 31.1 Å². The van der Waals surface area contributed by atoms with Gasteiger partial charge in [0.15, 0.2) is 0 Å². The number of nitrogens with two attached hydrogens (primary N) is 2. The Morgan fingerprint density at radius 1 is 0.800 bits per heavy atom. The largest absolute Gasteiger partial charge is 0.481 e. The molecule has 0 rings (SSSR count). The zero-order valence-electron chi connectivity index (χ0n) is 21.2. The smallest absolute Gasteiger partial charge is 0.326 e. The number of aliphatic carboxylic acids is 2. The molecule has 0 heterocycles. The molecule has 202 valence electrons. The van der Waals surface area contributed by atoms with Crippen LogP contribution >= 0.6 is 0 Å². The van der Waals surface area contributed by atoms with Crippen molar-refractivity contribution in [1.82, 2.24) is 16.0 Å². The van der Waals surface area contributed by atoms with Crippen molar-refractivity contribution in [3.8, 4) is 0 Å². The third-order valence-electron chi connectivity index (χ3n) is 5.74. The molecule has 0 aromatic carbocycles. The summed E-state index contributed by atoms with van der Waals surface area (Å²) in [6.07, 6.45) is 1.43. The normalized spacial score (nSPS) is 15.4. The number of carbonyl (C=O) groups excluding carboxylic acids is 3. The molecule has 3 amide bonds. The summed E-state index contributed by atoms with van der Waals surface area (Å²) in [5.41, 5.74) is 11.4. The van der Waals surface area contributed by atoms with Crippen molar-refractivity contribution in [1.29, 1.82) is 0 Å². The number of rotatable bonds is 18. The Hall–Kier alpha value is -2.73. The van der Waals surface area contributed by atoms with E-state index >= 15 is 0 Å². The average molecular weight is 502 g/mol. The Morgan fingerprint density at radius 3 is 1.83 bits per heavy atom. The summed E-state index contributed by atoms with van der Waals surface area (Å²) in [5.74, 6) is -4.52. The first-order valence-electron chi connectivity index (χ1n) is 12.1. The zero-order valence-corrected chi connectivity index (χ0v) is 21.2. The molecule has 12 heteroatoms. The fraction of sp³-hybridized carbons (Fsp3) is 0.783. The highest BCUT2D eigenvalue weighted by Gasteiger charge is 2.31. The van der Waals surface area contributed by atoms with Gasteiger partial charge in [-0.3, -0.25) is 19.2 Å². The van der Waals surface area contributed by atoms with Crippen LogP contribution < -0.4 is 27.4 Å². The molecule has 0 aromatic rings. The molecule has 12 nitrogen and oxygen atoms in total.